The summed E-state index contributed by atoms with van der Waals surface area (Å²) in [6.45, 7) is 2.39. The molecule has 0 aromatic heterocycles. The number of carbonyl (C=O) groups excluding carboxylic acids is 1. The van der Waals surface area contributed by atoms with Gasteiger partial charge in [0.2, 0.25) is 0 Å². The van der Waals surface area contributed by atoms with Gasteiger partial charge in [0, 0.05) is 24.3 Å². The van der Waals surface area contributed by atoms with Crippen LogP contribution in [0.15, 0.2) is 41.5 Å². The second-order valence-corrected chi connectivity index (χ2v) is 8.57. The first-order chi connectivity index (χ1) is 13.6. The predicted octanol–water partition coefficient (Wildman–Crippen LogP) is 4.27. The summed E-state index contributed by atoms with van der Waals surface area (Å²) in [6, 6.07) is 11.5. The number of hydrogen-bond acceptors (Lipinski definition) is 4. The number of rotatable bonds is 6. The Kier molecular flexibility index (Phi) is 7.56. The van der Waals surface area contributed by atoms with E-state index >= 15 is 0 Å². The molecule has 1 fully saturated rings. The molecule has 0 radical (unpaired) electrons. The third-order valence-electron chi connectivity index (χ3n) is 4.30. The highest BCUT2D eigenvalue weighted by molar-refractivity contribution is 14.1. The third kappa shape index (κ3) is 5.38. The van der Waals surface area contributed by atoms with E-state index in [2.05, 4.69) is 66.5 Å². The second kappa shape index (κ2) is 10.1. The molecule has 0 unspecified atom stereocenters. The maximum absolute atomic E-state index is 12.3. The van der Waals surface area contributed by atoms with Crippen LogP contribution in [0.3, 0.4) is 0 Å². The van der Waals surface area contributed by atoms with Crippen LogP contribution in [0.1, 0.15) is 28.8 Å². The number of nitrogens with one attached hydrogen (secondary N) is 1. The molecular formula is C21H19I2N3O2. The van der Waals surface area contributed by atoms with Crippen molar-refractivity contribution in [1.29, 1.82) is 0 Å². The SMILES string of the molecule is C#CCOc1c(I)cc(/C=N\NC(=O)c2ccc(N3CCCC3)cc2)cc1I. The average Bonchev–Trinajstić information content (AvgIpc) is 3.22. The van der Waals surface area contributed by atoms with Crippen molar-refractivity contribution in [2.75, 3.05) is 24.6 Å². The highest BCUT2D eigenvalue weighted by Gasteiger charge is 2.13. The summed E-state index contributed by atoms with van der Waals surface area (Å²) in [7, 11) is 0. The van der Waals surface area contributed by atoms with Gasteiger partial charge in [0.05, 0.1) is 13.4 Å². The molecule has 1 heterocycles. The zero-order valence-electron chi connectivity index (χ0n) is 15.1. The highest BCUT2D eigenvalue weighted by Crippen LogP contribution is 2.28. The quantitative estimate of drug-likeness (QED) is 0.234. The van der Waals surface area contributed by atoms with Gasteiger partial charge in [0.15, 0.2) is 0 Å². The van der Waals surface area contributed by atoms with Crippen molar-refractivity contribution in [1.82, 2.24) is 5.43 Å². The molecule has 2 aromatic rings. The minimum atomic E-state index is -0.234. The summed E-state index contributed by atoms with van der Waals surface area (Å²) < 4.78 is 7.42. The highest BCUT2D eigenvalue weighted by atomic mass is 127. The van der Waals surface area contributed by atoms with Crippen LogP contribution in [-0.2, 0) is 0 Å². The normalized spacial score (nSPS) is 13.5. The molecule has 1 saturated heterocycles. The Hall–Kier alpha value is -1.80. The Morgan fingerprint density at radius 1 is 1.21 bits per heavy atom. The van der Waals surface area contributed by atoms with Crippen molar-refractivity contribution in [3.63, 3.8) is 0 Å². The molecule has 0 atom stereocenters. The van der Waals surface area contributed by atoms with Crippen molar-refractivity contribution in [2.45, 2.75) is 12.8 Å². The summed E-state index contributed by atoms with van der Waals surface area (Å²) in [5, 5.41) is 4.08. The lowest BCUT2D eigenvalue weighted by Crippen LogP contribution is -2.19. The number of ether oxygens (including phenoxy) is 1. The number of terminal acetylenes is 1. The minimum Gasteiger partial charge on any atom is -0.479 e. The van der Waals surface area contributed by atoms with E-state index in [0.717, 1.165) is 37.2 Å². The summed E-state index contributed by atoms with van der Waals surface area (Å²) >= 11 is 4.39. The van der Waals surface area contributed by atoms with Crippen LogP contribution in [0.5, 0.6) is 5.75 Å². The van der Waals surface area contributed by atoms with Crippen LogP contribution in [0.25, 0.3) is 0 Å². The molecule has 0 saturated carbocycles. The number of carbonyl (C=O) groups is 1. The Labute approximate surface area is 192 Å². The van der Waals surface area contributed by atoms with E-state index in [1.165, 1.54) is 12.8 Å². The van der Waals surface area contributed by atoms with Gasteiger partial charge in [-0.15, -0.1) is 6.42 Å². The Bertz CT molecular complexity index is 891. The largest absolute Gasteiger partial charge is 0.479 e. The zero-order chi connectivity index (χ0) is 19.9. The summed E-state index contributed by atoms with van der Waals surface area (Å²) in [6.07, 6.45) is 9.32. The molecule has 1 N–H and O–H groups in total. The van der Waals surface area contributed by atoms with Crippen LogP contribution in [0.4, 0.5) is 5.69 Å². The molecule has 28 heavy (non-hydrogen) atoms. The van der Waals surface area contributed by atoms with Crippen molar-refractivity contribution < 1.29 is 9.53 Å². The second-order valence-electron chi connectivity index (χ2n) is 6.25. The number of anilines is 1. The van der Waals surface area contributed by atoms with Gasteiger partial charge in [-0.25, -0.2) is 5.43 Å². The molecule has 144 valence electrons. The van der Waals surface area contributed by atoms with Crippen molar-refractivity contribution in [2.24, 2.45) is 5.10 Å². The first kappa shape index (κ1) is 20.9. The summed E-state index contributed by atoms with van der Waals surface area (Å²) in [5.74, 6) is 2.99. The lowest BCUT2D eigenvalue weighted by atomic mass is 10.2. The van der Waals surface area contributed by atoms with E-state index in [1.807, 2.05) is 36.4 Å². The number of amides is 1. The molecule has 1 amide bonds. The van der Waals surface area contributed by atoms with E-state index in [9.17, 15) is 4.79 Å². The predicted molar refractivity (Wildman–Crippen MR) is 129 cm³/mol. The number of benzene rings is 2. The van der Waals surface area contributed by atoms with Gasteiger partial charge in [0.25, 0.3) is 5.91 Å². The van der Waals surface area contributed by atoms with E-state index in [-0.39, 0.29) is 12.5 Å². The molecule has 0 bridgehead atoms. The van der Waals surface area contributed by atoms with Gasteiger partial charge in [-0.1, -0.05) is 5.92 Å². The van der Waals surface area contributed by atoms with E-state index in [1.54, 1.807) is 6.21 Å². The van der Waals surface area contributed by atoms with E-state index in [0.29, 0.717) is 5.56 Å². The van der Waals surface area contributed by atoms with Crippen molar-refractivity contribution >= 4 is 63.0 Å². The molecular weight excluding hydrogens is 580 g/mol. The van der Waals surface area contributed by atoms with Gasteiger partial charge in [-0.3, -0.25) is 4.79 Å². The van der Waals surface area contributed by atoms with Gasteiger partial charge in [-0.2, -0.15) is 5.10 Å². The summed E-state index contributed by atoms with van der Waals surface area (Å²) in [5.41, 5.74) is 5.19. The monoisotopic (exact) mass is 599 g/mol. The number of halogens is 2. The fourth-order valence-electron chi connectivity index (χ4n) is 2.93. The Balaban J connectivity index is 1.61. The van der Waals surface area contributed by atoms with Crippen LogP contribution in [0.2, 0.25) is 0 Å². The first-order valence-corrected chi connectivity index (χ1v) is 11.0. The lowest BCUT2D eigenvalue weighted by Gasteiger charge is -2.17. The number of nitrogens with zero attached hydrogens (tertiary/aromatic N) is 2. The number of hydrogen-bond donors (Lipinski definition) is 1. The molecule has 2 aromatic carbocycles. The molecule has 0 spiro atoms. The van der Waals surface area contributed by atoms with Gasteiger partial charge in [-0.05, 0) is 100.0 Å². The van der Waals surface area contributed by atoms with Gasteiger partial charge < -0.3 is 9.64 Å². The van der Waals surface area contributed by atoms with Crippen molar-refractivity contribution in [3.8, 4) is 18.1 Å². The molecule has 3 rings (SSSR count). The van der Waals surface area contributed by atoms with Gasteiger partial charge >= 0.3 is 0 Å². The van der Waals surface area contributed by atoms with Crippen LogP contribution in [-0.4, -0.2) is 31.8 Å². The fraction of sp³-hybridized carbons (Fsp3) is 0.238. The third-order valence-corrected chi connectivity index (χ3v) is 5.90. The molecule has 5 nitrogen and oxygen atoms in total. The maximum Gasteiger partial charge on any atom is 0.271 e. The van der Waals surface area contributed by atoms with Crippen LogP contribution in [0, 0.1) is 19.5 Å². The molecule has 0 aliphatic carbocycles. The topological polar surface area (TPSA) is 53.9 Å². The first-order valence-electron chi connectivity index (χ1n) is 8.82. The Morgan fingerprint density at radius 3 is 2.46 bits per heavy atom. The molecule has 1 aliphatic rings. The lowest BCUT2D eigenvalue weighted by molar-refractivity contribution is 0.0955. The maximum atomic E-state index is 12.3. The van der Waals surface area contributed by atoms with E-state index in [4.69, 9.17) is 11.2 Å². The average molecular weight is 599 g/mol. The van der Waals surface area contributed by atoms with Gasteiger partial charge in [0.1, 0.15) is 12.4 Å². The summed E-state index contributed by atoms with van der Waals surface area (Å²) in [4.78, 5) is 14.6. The fourth-order valence-corrected chi connectivity index (χ4v) is 5.06. The van der Waals surface area contributed by atoms with Crippen LogP contribution >= 0.6 is 45.2 Å². The zero-order valence-corrected chi connectivity index (χ0v) is 19.4. The molecule has 1 aliphatic heterocycles. The van der Waals surface area contributed by atoms with E-state index < -0.39 is 0 Å². The van der Waals surface area contributed by atoms with Crippen LogP contribution < -0.4 is 15.1 Å². The Morgan fingerprint density at radius 2 is 1.86 bits per heavy atom. The smallest absolute Gasteiger partial charge is 0.271 e. The molecule has 7 heteroatoms. The minimum absolute atomic E-state index is 0.228. The van der Waals surface area contributed by atoms with Crippen molar-refractivity contribution in [3.05, 3.63) is 54.7 Å². The standard InChI is InChI=1S/C21H19I2N3O2/c1-2-11-28-20-18(22)12-15(13-19(20)23)14-24-25-21(27)16-5-7-17(8-6-16)26-9-3-4-10-26/h1,5-8,12-14H,3-4,9-11H2,(H,25,27)/b24-14-. The number of hydrazone groups is 1.